The van der Waals surface area contributed by atoms with E-state index in [1.54, 1.807) is 0 Å². The van der Waals surface area contributed by atoms with Gasteiger partial charge in [0.15, 0.2) is 0 Å². The maximum atomic E-state index is 10.3. The van der Waals surface area contributed by atoms with Crippen LogP contribution in [-0.4, -0.2) is 14.9 Å². The molecule has 9 heavy (non-hydrogen) atoms. The molecule has 0 saturated heterocycles. The molecule has 0 aromatic rings. The Kier molecular flexibility index (Phi) is 7.04. The lowest BCUT2D eigenvalue weighted by atomic mass is 11.6. The zero-order chi connectivity index (χ0) is 8.08. The van der Waals surface area contributed by atoms with Gasteiger partial charge in [-0.2, -0.15) is 13.2 Å². The normalized spacial score (nSPS) is 10.6. The minimum Gasteiger partial charge on any atom is -0.326 e. The quantitative estimate of drug-likeness (QED) is 0.487. The second-order valence-electron chi connectivity index (χ2n) is 0.711. The molecule has 0 radical (unpaired) electrons. The second-order valence-corrected chi connectivity index (χ2v) is 2.18. The molecule has 0 bridgehead atoms. The number of hydrogen-bond acceptors (Lipinski definition) is 1. The molecule has 0 heterocycles. The molecule has 0 aliphatic heterocycles. The minimum absolute atomic E-state index is 1.38. The van der Waals surface area contributed by atoms with Gasteiger partial charge in [0.1, 0.15) is 0 Å². The van der Waals surface area contributed by atoms with Crippen LogP contribution in [0.1, 0.15) is 0 Å². The van der Waals surface area contributed by atoms with Crippen molar-refractivity contribution < 1.29 is 27.5 Å². The smallest absolute Gasteiger partial charge is 0.326 e. The van der Waals surface area contributed by atoms with Gasteiger partial charge in [-0.15, -0.1) is 0 Å². The summed E-state index contributed by atoms with van der Waals surface area (Å²) in [4.78, 5) is 14.3. The van der Waals surface area contributed by atoms with Crippen molar-refractivity contribution in [1.29, 1.82) is 0 Å². The lowest BCUT2D eigenvalue weighted by Crippen LogP contribution is -1.88. The predicted molar refractivity (Wildman–Crippen MR) is 28.4 cm³/mol. The average molecular weight is 231 g/mol. The highest BCUT2D eigenvalue weighted by molar-refractivity contribution is 9.09. The number of alkyl halides is 4. The lowest BCUT2D eigenvalue weighted by Gasteiger charge is -1.85. The van der Waals surface area contributed by atoms with Crippen molar-refractivity contribution in [1.82, 2.24) is 0 Å². The van der Waals surface area contributed by atoms with Crippen LogP contribution >= 0.6 is 24.2 Å². The minimum atomic E-state index is -4.19. The molecule has 8 heteroatoms. The fraction of sp³-hybridized carbons (Fsp3) is 1.00. The van der Waals surface area contributed by atoms with E-state index in [0.717, 1.165) is 0 Å². The Hall–Kier alpha value is 0.420. The van der Waals surface area contributed by atoms with Crippen molar-refractivity contribution in [2.75, 3.05) is 0 Å². The van der Waals surface area contributed by atoms with Crippen molar-refractivity contribution in [2.24, 2.45) is 0 Å². The van der Waals surface area contributed by atoms with Gasteiger partial charge in [0, 0.05) is 15.9 Å². The third-order valence-electron chi connectivity index (χ3n) is 0. The van der Waals surface area contributed by atoms with Gasteiger partial charge in [-0.25, -0.2) is 0 Å². The van der Waals surface area contributed by atoms with E-state index in [0.29, 0.717) is 0 Å². The van der Waals surface area contributed by atoms with Crippen LogP contribution < -0.4 is 0 Å². The molecule has 0 aromatic heterocycles. The summed E-state index contributed by atoms with van der Waals surface area (Å²) < 4.78 is 39.6. The molecular formula is CH3BrF3O3P. The zero-order valence-corrected chi connectivity index (χ0v) is 6.40. The van der Waals surface area contributed by atoms with Gasteiger partial charge in [-0.1, -0.05) is 0 Å². The Morgan fingerprint density at radius 2 is 1.33 bits per heavy atom. The first kappa shape index (κ1) is 12.1. The summed E-state index contributed by atoms with van der Waals surface area (Å²) in [6, 6.07) is 0. The molecule has 0 unspecified atom stereocenters. The third kappa shape index (κ3) is 1970. The average Bonchev–Trinajstić information content (AvgIpc) is 1.19. The van der Waals surface area contributed by atoms with Crippen LogP contribution in [0.15, 0.2) is 0 Å². The Morgan fingerprint density at radius 1 is 1.33 bits per heavy atom. The van der Waals surface area contributed by atoms with Gasteiger partial charge < -0.3 is 9.79 Å². The van der Waals surface area contributed by atoms with Gasteiger partial charge in [0.2, 0.25) is 0 Å². The van der Waals surface area contributed by atoms with Crippen LogP contribution in [0.5, 0.6) is 0 Å². The topological polar surface area (TPSA) is 57.5 Å². The van der Waals surface area contributed by atoms with Crippen molar-refractivity contribution >= 4 is 24.2 Å². The van der Waals surface area contributed by atoms with E-state index in [9.17, 15) is 13.2 Å². The van der Waals surface area contributed by atoms with E-state index in [1.165, 1.54) is 15.9 Å². The van der Waals surface area contributed by atoms with Crippen LogP contribution in [0, 0.1) is 0 Å². The summed E-state index contributed by atoms with van der Waals surface area (Å²) in [7, 11) is -3.13. The van der Waals surface area contributed by atoms with Crippen molar-refractivity contribution in [2.45, 2.75) is 5.09 Å². The second kappa shape index (κ2) is 5.22. The molecule has 0 amide bonds. The van der Waals surface area contributed by atoms with Crippen LogP contribution in [0.25, 0.3) is 0 Å². The highest BCUT2D eigenvalue weighted by atomic mass is 79.9. The molecule has 0 saturated carbocycles. The summed E-state index contributed by atoms with van der Waals surface area (Å²) in [6.07, 6.45) is 0. The van der Waals surface area contributed by atoms with E-state index >= 15 is 0 Å². The highest BCUT2D eigenvalue weighted by Gasteiger charge is 2.19. The summed E-state index contributed by atoms with van der Waals surface area (Å²) in [5.41, 5.74) is 0. The summed E-state index contributed by atoms with van der Waals surface area (Å²) in [6.45, 7) is 0. The molecule has 0 aliphatic rings. The van der Waals surface area contributed by atoms with Crippen LogP contribution in [0.3, 0.4) is 0 Å². The molecule has 0 aromatic carbocycles. The number of rotatable bonds is 0. The van der Waals surface area contributed by atoms with Crippen LogP contribution in [0.2, 0.25) is 0 Å². The Bertz CT molecular complexity index is 81.5. The van der Waals surface area contributed by atoms with E-state index in [4.69, 9.17) is 14.4 Å². The van der Waals surface area contributed by atoms with Crippen molar-refractivity contribution in [3.05, 3.63) is 0 Å². The summed E-state index contributed by atoms with van der Waals surface area (Å²) in [5, 5.41) is -4.19. The lowest BCUT2D eigenvalue weighted by molar-refractivity contribution is -0.0245. The summed E-state index contributed by atoms with van der Waals surface area (Å²) >= 11 is 1.38. The highest BCUT2D eigenvalue weighted by Crippen LogP contribution is 2.21. The SMILES string of the molecule is FC(F)(F)Br.O=[PH](O)O. The van der Waals surface area contributed by atoms with Crippen LogP contribution in [0.4, 0.5) is 13.2 Å². The summed E-state index contributed by atoms with van der Waals surface area (Å²) in [5.74, 6) is 0. The monoisotopic (exact) mass is 230 g/mol. The van der Waals surface area contributed by atoms with Crippen molar-refractivity contribution in [3.8, 4) is 0 Å². The fourth-order valence-corrected chi connectivity index (χ4v) is 0. The molecule has 3 nitrogen and oxygen atoms in total. The van der Waals surface area contributed by atoms with Crippen LogP contribution in [-0.2, 0) is 4.57 Å². The largest absolute Gasteiger partial charge is 0.448 e. The molecule has 0 aliphatic carbocycles. The molecule has 0 atom stereocenters. The van der Waals surface area contributed by atoms with E-state index in [1.807, 2.05) is 0 Å². The van der Waals surface area contributed by atoms with E-state index in [2.05, 4.69) is 0 Å². The van der Waals surface area contributed by atoms with Gasteiger partial charge in [0.05, 0.1) is 0 Å². The Balaban J connectivity index is 0. The molecule has 0 spiro atoms. The first-order chi connectivity index (χ1) is 3.73. The Morgan fingerprint density at radius 3 is 1.33 bits per heavy atom. The van der Waals surface area contributed by atoms with E-state index < -0.39 is 13.3 Å². The maximum absolute atomic E-state index is 10.3. The van der Waals surface area contributed by atoms with Gasteiger partial charge >= 0.3 is 13.3 Å². The zero-order valence-electron chi connectivity index (χ0n) is 3.81. The fourth-order valence-electron chi connectivity index (χ4n) is 0. The maximum Gasteiger partial charge on any atom is 0.448 e. The van der Waals surface area contributed by atoms with E-state index in [-0.39, 0.29) is 0 Å². The number of hydrogen-bond donors (Lipinski definition) is 2. The first-order valence-electron chi connectivity index (χ1n) is 1.41. The predicted octanol–water partition coefficient (Wildman–Crippen LogP) is 1.26. The van der Waals surface area contributed by atoms with Gasteiger partial charge in [-0.05, 0) is 0 Å². The molecule has 2 N–H and O–H groups in total. The Labute approximate surface area is 57.6 Å². The van der Waals surface area contributed by atoms with Gasteiger partial charge in [-0.3, -0.25) is 4.57 Å². The number of halogens is 4. The van der Waals surface area contributed by atoms with Gasteiger partial charge in [0.25, 0.3) is 0 Å². The van der Waals surface area contributed by atoms with Crippen molar-refractivity contribution in [3.63, 3.8) is 0 Å². The third-order valence-corrected chi connectivity index (χ3v) is 0. The molecule has 58 valence electrons. The molecular weight excluding hydrogens is 228 g/mol. The first-order valence-corrected chi connectivity index (χ1v) is 3.50. The molecule has 0 fully saturated rings. The molecule has 0 rings (SSSR count). The standard InChI is InChI=1S/CBrF3.H3O3P/c2-1(3,4)5;1-4(2)3/h;4H,(H2,1,2,3).